The molecule has 0 aliphatic heterocycles. The van der Waals surface area contributed by atoms with E-state index >= 15 is 0 Å². The number of nitrogens with one attached hydrogen (secondary N) is 3. The predicted molar refractivity (Wildman–Crippen MR) is 99.4 cm³/mol. The predicted octanol–water partition coefficient (Wildman–Crippen LogP) is 3.79. The molecular weight excluding hydrogens is 318 g/mol. The lowest BCUT2D eigenvalue weighted by molar-refractivity contribution is 0.0953. The Morgan fingerprint density at radius 3 is 2.40 bits per heavy atom. The third-order valence-corrected chi connectivity index (χ3v) is 3.54. The molecule has 0 spiro atoms. The van der Waals surface area contributed by atoms with E-state index in [1.54, 1.807) is 37.4 Å². The smallest absolute Gasteiger partial charge is 0.323 e. The summed E-state index contributed by atoms with van der Waals surface area (Å²) in [4.78, 5) is 24.0. The highest BCUT2D eigenvalue weighted by molar-refractivity contribution is 6.01. The SMILES string of the molecule is CCCNC(=O)c1ccc(NC(=O)Nc2cc(C)ccc2OC)cc1. The average Bonchev–Trinajstić information content (AvgIpc) is 2.60. The lowest BCUT2D eigenvalue weighted by Crippen LogP contribution is -2.24. The number of hydrogen-bond donors (Lipinski definition) is 3. The fourth-order valence-corrected chi connectivity index (χ4v) is 2.25. The lowest BCUT2D eigenvalue weighted by Gasteiger charge is -2.12. The fraction of sp³-hybridized carbons (Fsp3) is 0.263. The van der Waals surface area contributed by atoms with Crippen LogP contribution in [-0.2, 0) is 0 Å². The fourth-order valence-electron chi connectivity index (χ4n) is 2.25. The Kier molecular flexibility index (Phi) is 6.39. The van der Waals surface area contributed by atoms with E-state index in [1.807, 2.05) is 26.0 Å². The van der Waals surface area contributed by atoms with Crippen molar-refractivity contribution in [3.63, 3.8) is 0 Å². The minimum Gasteiger partial charge on any atom is -0.495 e. The maximum absolute atomic E-state index is 12.2. The first-order valence-electron chi connectivity index (χ1n) is 8.14. The summed E-state index contributed by atoms with van der Waals surface area (Å²) in [5, 5.41) is 8.30. The number of benzene rings is 2. The zero-order valence-electron chi connectivity index (χ0n) is 14.7. The molecule has 6 nitrogen and oxygen atoms in total. The van der Waals surface area contributed by atoms with Crippen LogP contribution in [0.4, 0.5) is 16.2 Å². The van der Waals surface area contributed by atoms with Crippen molar-refractivity contribution in [1.82, 2.24) is 5.32 Å². The van der Waals surface area contributed by atoms with Crippen molar-refractivity contribution in [3.8, 4) is 5.75 Å². The first-order chi connectivity index (χ1) is 12.0. The van der Waals surface area contributed by atoms with E-state index in [1.165, 1.54) is 0 Å². The Labute approximate surface area is 147 Å². The molecule has 0 fully saturated rings. The maximum Gasteiger partial charge on any atom is 0.323 e. The molecule has 2 aromatic carbocycles. The molecule has 0 aliphatic rings. The summed E-state index contributed by atoms with van der Waals surface area (Å²) < 4.78 is 5.24. The Balaban J connectivity index is 1.99. The molecule has 6 heteroatoms. The van der Waals surface area contributed by atoms with Crippen molar-refractivity contribution in [2.24, 2.45) is 0 Å². The van der Waals surface area contributed by atoms with Crippen molar-refractivity contribution in [2.45, 2.75) is 20.3 Å². The Bertz CT molecular complexity index is 742. The first-order valence-corrected chi connectivity index (χ1v) is 8.14. The molecule has 2 rings (SSSR count). The number of anilines is 2. The van der Waals surface area contributed by atoms with E-state index in [9.17, 15) is 9.59 Å². The zero-order chi connectivity index (χ0) is 18.2. The van der Waals surface area contributed by atoms with Gasteiger partial charge in [0.1, 0.15) is 5.75 Å². The number of amides is 3. The molecule has 132 valence electrons. The van der Waals surface area contributed by atoms with E-state index in [0.29, 0.717) is 29.2 Å². The summed E-state index contributed by atoms with van der Waals surface area (Å²) in [6.45, 7) is 4.57. The normalized spacial score (nSPS) is 10.0. The molecule has 3 amide bonds. The number of methoxy groups -OCH3 is 1. The molecule has 0 saturated heterocycles. The molecule has 0 atom stereocenters. The molecule has 0 bridgehead atoms. The van der Waals surface area contributed by atoms with E-state index in [4.69, 9.17) is 4.74 Å². The Morgan fingerprint density at radius 2 is 1.76 bits per heavy atom. The van der Waals surface area contributed by atoms with Gasteiger partial charge >= 0.3 is 6.03 Å². The summed E-state index contributed by atoms with van der Waals surface area (Å²) in [5.74, 6) is 0.464. The third kappa shape index (κ3) is 5.24. The quantitative estimate of drug-likeness (QED) is 0.748. The molecule has 2 aromatic rings. The highest BCUT2D eigenvalue weighted by Crippen LogP contribution is 2.25. The third-order valence-electron chi connectivity index (χ3n) is 3.54. The topological polar surface area (TPSA) is 79.5 Å². The number of carbonyl (C=O) groups is 2. The largest absolute Gasteiger partial charge is 0.495 e. The van der Waals surface area contributed by atoms with Gasteiger partial charge < -0.3 is 20.7 Å². The van der Waals surface area contributed by atoms with Crippen LogP contribution in [0.2, 0.25) is 0 Å². The number of rotatable bonds is 6. The summed E-state index contributed by atoms with van der Waals surface area (Å²) in [6.07, 6.45) is 0.883. The van der Waals surface area contributed by atoms with Crippen LogP contribution in [0.1, 0.15) is 29.3 Å². The second kappa shape index (κ2) is 8.73. The number of ether oxygens (including phenoxy) is 1. The van der Waals surface area contributed by atoms with Crippen LogP contribution >= 0.6 is 0 Å². The minimum atomic E-state index is -0.382. The van der Waals surface area contributed by atoms with Gasteiger partial charge in [0.15, 0.2) is 0 Å². The van der Waals surface area contributed by atoms with Gasteiger partial charge in [0.25, 0.3) is 5.91 Å². The molecule has 0 saturated carbocycles. The van der Waals surface area contributed by atoms with Crippen molar-refractivity contribution in [3.05, 3.63) is 53.6 Å². The van der Waals surface area contributed by atoms with Crippen LogP contribution < -0.4 is 20.7 Å². The van der Waals surface area contributed by atoms with Gasteiger partial charge in [0, 0.05) is 17.8 Å². The minimum absolute atomic E-state index is 0.123. The van der Waals surface area contributed by atoms with Crippen molar-refractivity contribution < 1.29 is 14.3 Å². The van der Waals surface area contributed by atoms with Gasteiger partial charge in [-0.05, 0) is 55.3 Å². The van der Waals surface area contributed by atoms with Crippen LogP contribution in [0.15, 0.2) is 42.5 Å². The van der Waals surface area contributed by atoms with Gasteiger partial charge in [0.2, 0.25) is 0 Å². The van der Waals surface area contributed by atoms with Crippen LogP contribution in [0.25, 0.3) is 0 Å². The van der Waals surface area contributed by atoms with Crippen molar-refractivity contribution in [2.75, 3.05) is 24.3 Å². The molecule has 25 heavy (non-hydrogen) atoms. The highest BCUT2D eigenvalue weighted by atomic mass is 16.5. The molecule has 3 N–H and O–H groups in total. The number of aryl methyl sites for hydroxylation is 1. The number of urea groups is 1. The van der Waals surface area contributed by atoms with Gasteiger partial charge in [-0.2, -0.15) is 0 Å². The van der Waals surface area contributed by atoms with Crippen molar-refractivity contribution >= 4 is 23.3 Å². The van der Waals surface area contributed by atoms with Gasteiger partial charge in [-0.1, -0.05) is 13.0 Å². The lowest BCUT2D eigenvalue weighted by atomic mass is 10.2. The molecule has 0 aliphatic carbocycles. The van der Waals surface area contributed by atoms with E-state index in [2.05, 4.69) is 16.0 Å². The molecule has 0 aromatic heterocycles. The monoisotopic (exact) mass is 341 g/mol. The molecule has 0 radical (unpaired) electrons. The van der Waals surface area contributed by atoms with Crippen LogP contribution in [-0.4, -0.2) is 25.6 Å². The van der Waals surface area contributed by atoms with Gasteiger partial charge in [-0.15, -0.1) is 0 Å². The summed E-state index contributed by atoms with van der Waals surface area (Å²) in [6, 6.07) is 11.9. The first kappa shape index (κ1) is 18.3. The number of carbonyl (C=O) groups excluding carboxylic acids is 2. The second-order valence-electron chi connectivity index (χ2n) is 5.62. The van der Waals surface area contributed by atoms with Crippen LogP contribution in [0.5, 0.6) is 5.75 Å². The summed E-state index contributed by atoms with van der Waals surface area (Å²) in [7, 11) is 1.55. The van der Waals surface area contributed by atoms with Crippen LogP contribution in [0, 0.1) is 6.92 Å². The average molecular weight is 341 g/mol. The van der Waals surface area contributed by atoms with Crippen LogP contribution in [0.3, 0.4) is 0 Å². The summed E-state index contributed by atoms with van der Waals surface area (Å²) in [5.41, 5.74) is 2.75. The highest BCUT2D eigenvalue weighted by Gasteiger charge is 2.09. The maximum atomic E-state index is 12.2. The van der Waals surface area contributed by atoms with Gasteiger partial charge in [-0.3, -0.25) is 4.79 Å². The summed E-state index contributed by atoms with van der Waals surface area (Å²) >= 11 is 0. The van der Waals surface area contributed by atoms with Crippen molar-refractivity contribution in [1.29, 1.82) is 0 Å². The zero-order valence-corrected chi connectivity index (χ0v) is 14.7. The van der Waals surface area contributed by atoms with Gasteiger partial charge in [-0.25, -0.2) is 4.79 Å². The van der Waals surface area contributed by atoms with Gasteiger partial charge in [0.05, 0.1) is 12.8 Å². The Hall–Kier alpha value is -3.02. The molecular formula is C19H23N3O3. The molecule has 0 heterocycles. The number of hydrogen-bond acceptors (Lipinski definition) is 3. The van der Waals surface area contributed by atoms with E-state index in [-0.39, 0.29) is 11.9 Å². The second-order valence-corrected chi connectivity index (χ2v) is 5.62. The Morgan fingerprint density at radius 1 is 1.04 bits per heavy atom. The standard InChI is InChI=1S/C19H23N3O3/c1-4-11-20-18(23)14-6-8-15(9-7-14)21-19(24)22-16-12-13(2)5-10-17(16)25-3/h5-10,12H,4,11H2,1-3H3,(H,20,23)(H2,21,22,24). The van der Waals surface area contributed by atoms with E-state index in [0.717, 1.165) is 12.0 Å². The van der Waals surface area contributed by atoms with E-state index < -0.39 is 0 Å². The molecule has 0 unspecified atom stereocenters.